The zero-order valence-corrected chi connectivity index (χ0v) is 20.0. The summed E-state index contributed by atoms with van der Waals surface area (Å²) in [4.78, 5) is 39.7. The third kappa shape index (κ3) is 2.69. The van der Waals surface area contributed by atoms with Crippen molar-refractivity contribution in [2.75, 3.05) is 0 Å². The quantitative estimate of drug-likeness (QED) is 0.344. The van der Waals surface area contributed by atoms with Gasteiger partial charge in [-0.05, 0) is 63.1 Å². The molecule has 0 aromatic heterocycles. The van der Waals surface area contributed by atoms with Gasteiger partial charge in [0.25, 0.3) is 0 Å². The molecule has 0 radical (unpaired) electrons. The summed E-state index contributed by atoms with van der Waals surface area (Å²) in [5.41, 5.74) is -2.01. The molecule has 1 aromatic rings. The number of fused-ring (bicyclic) bond motifs is 3. The van der Waals surface area contributed by atoms with Gasteiger partial charge in [-0.3, -0.25) is 14.4 Å². The van der Waals surface area contributed by atoms with Crippen molar-refractivity contribution < 1.29 is 29.7 Å². The smallest absolute Gasteiger partial charge is 0.206 e. The van der Waals surface area contributed by atoms with Crippen LogP contribution in [-0.4, -0.2) is 38.3 Å². The first-order valence-electron chi connectivity index (χ1n) is 11.8. The van der Waals surface area contributed by atoms with Crippen LogP contribution in [0.4, 0.5) is 0 Å². The van der Waals surface area contributed by atoms with Crippen LogP contribution < -0.4 is 0 Å². The van der Waals surface area contributed by atoms with E-state index < -0.39 is 33.8 Å². The van der Waals surface area contributed by atoms with E-state index in [1.54, 1.807) is 13.8 Å². The number of benzene rings is 1. The topological polar surface area (TPSA) is 112 Å². The summed E-state index contributed by atoms with van der Waals surface area (Å²) < 4.78 is 0. The Morgan fingerprint density at radius 1 is 1.09 bits per heavy atom. The first-order chi connectivity index (χ1) is 15.9. The molecular weight excluding hydrogens is 432 g/mol. The molecular formula is C28H30O6. The normalized spacial score (nSPS) is 34.8. The number of carbonyl (C=O) groups is 3. The second-order valence-electron chi connectivity index (χ2n) is 11.1. The Hall–Kier alpha value is -2.99. The van der Waals surface area contributed by atoms with Crippen LogP contribution in [0.15, 0.2) is 41.0 Å². The van der Waals surface area contributed by atoms with E-state index in [9.17, 15) is 29.7 Å². The molecule has 0 bridgehead atoms. The van der Waals surface area contributed by atoms with Crippen LogP contribution in [0.2, 0.25) is 0 Å². The minimum atomic E-state index is -2.45. The summed E-state index contributed by atoms with van der Waals surface area (Å²) in [7, 11) is 0. The summed E-state index contributed by atoms with van der Waals surface area (Å²) in [5.74, 6) is -2.60. The van der Waals surface area contributed by atoms with Gasteiger partial charge in [-0.1, -0.05) is 37.6 Å². The summed E-state index contributed by atoms with van der Waals surface area (Å²) in [6.07, 6.45) is 7.04. The molecule has 4 atom stereocenters. The summed E-state index contributed by atoms with van der Waals surface area (Å²) in [6.45, 7) is 6.56. The zero-order chi connectivity index (χ0) is 24.8. The van der Waals surface area contributed by atoms with Crippen LogP contribution in [0, 0.1) is 10.8 Å². The molecule has 34 heavy (non-hydrogen) atoms. The van der Waals surface area contributed by atoms with E-state index >= 15 is 0 Å². The van der Waals surface area contributed by atoms with Gasteiger partial charge in [-0.2, -0.15) is 0 Å². The molecule has 1 fully saturated rings. The number of ketones is 3. The Bertz CT molecular complexity index is 1280. The highest BCUT2D eigenvalue weighted by Crippen LogP contribution is 2.62. The highest BCUT2D eigenvalue weighted by molar-refractivity contribution is 6.33. The van der Waals surface area contributed by atoms with Crippen LogP contribution >= 0.6 is 0 Å². The van der Waals surface area contributed by atoms with Crippen LogP contribution in [0.1, 0.15) is 76.0 Å². The fourth-order valence-corrected chi connectivity index (χ4v) is 7.29. The molecule has 0 amide bonds. The van der Waals surface area contributed by atoms with Gasteiger partial charge in [0.05, 0.1) is 11.1 Å². The van der Waals surface area contributed by atoms with Crippen LogP contribution in [-0.2, 0) is 20.8 Å². The predicted octanol–water partition coefficient (Wildman–Crippen LogP) is 4.25. The zero-order valence-electron chi connectivity index (χ0n) is 20.0. The Kier molecular flexibility index (Phi) is 4.70. The van der Waals surface area contributed by atoms with Gasteiger partial charge in [-0.15, -0.1) is 0 Å². The lowest BCUT2D eigenvalue weighted by molar-refractivity contribution is -0.171. The second-order valence-corrected chi connectivity index (χ2v) is 11.1. The number of hydrogen-bond donors (Lipinski definition) is 3. The first kappa shape index (κ1) is 22.8. The third-order valence-corrected chi connectivity index (χ3v) is 8.58. The van der Waals surface area contributed by atoms with Crippen molar-refractivity contribution in [2.45, 2.75) is 71.3 Å². The van der Waals surface area contributed by atoms with E-state index in [1.807, 2.05) is 13.0 Å². The number of phenolic OH excluding ortho intramolecular Hbond substituents is 1. The monoisotopic (exact) mass is 462 g/mol. The molecule has 6 nitrogen and oxygen atoms in total. The number of aliphatic hydroxyl groups is 2. The molecule has 3 N–H and O–H groups in total. The van der Waals surface area contributed by atoms with E-state index in [1.165, 1.54) is 13.0 Å². The average Bonchev–Trinajstić information content (AvgIpc) is 3.24. The number of aliphatic hydroxyl groups excluding tert-OH is 1. The minimum absolute atomic E-state index is 0.0369. The summed E-state index contributed by atoms with van der Waals surface area (Å²) in [5, 5.41) is 33.9. The number of allylic oxidation sites excluding steroid dienone is 3. The number of rotatable bonds is 2. The molecule has 0 aliphatic heterocycles. The highest BCUT2D eigenvalue weighted by Gasteiger charge is 2.69. The number of Topliss-reactive ketones (excluding diaryl/α,β-unsaturated/α-hetero) is 3. The molecule has 5 rings (SSSR count). The second kappa shape index (κ2) is 7.01. The van der Waals surface area contributed by atoms with Crippen molar-refractivity contribution >= 4 is 23.1 Å². The van der Waals surface area contributed by atoms with Crippen LogP contribution in [0.3, 0.4) is 0 Å². The van der Waals surface area contributed by atoms with Gasteiger partial charge in [0, 0.05) is 22.3 Å². The maximum atomic E-state index is 14.0. The lowest BCUT2D eigenvalue weighted by Crippen LogP contribution is -2.67. The molecule has 4 aliphatic carbocycles. The maximum Gasteiger partial charge on any atom is 0.206 e. The minimum Gasteiger partial charge on any atom is -0.507 e. The predicted molar refractivity (Wildman–Crippen MR) is 126 cm³/mol. The van der Waals surface area contributed by atoms with Crippen molar-refractivity contribution in [1.29, 1.82) is 0 Å². The van der Waals surface area contributed by atoms with Gasteiger partial charge in [0.1, 0.15) is 11.5 Å². The van der Waals surface area contributed by atoms with Gasteiger partial charge < -0.3 is 15.3 Å². The average molecular weight is 463 g/mol. The van der Waals surface area contributed by atoms with Crippen molar-refractivity contribution in [2.24, 2.45) is 10.8 Å². The summed E-state index contributed by atoms with van der Waals surface area (Å²) in [6, 6.07) is 3.41. The van der Waals surface area contributed by atoms with E-state index in [2.05, 4.69) is 12.2 Å². The lowest BCUT2D eigenvalue weighted by atomic mass is 9.46. The molecule has 4 aliphatic rings. The fraction of sp³-hybridized carbons (Fsp3) is 0.464. The van der Waals surface area contributed by atoms with Gasteiger partial charge in [0.15, 0.2) is 11.4 Å². The number of carbonyl (C=O) groups excluding carboxylic acids is 3. The van der Waals surface area contributed by atoms with Gasteiger partial charge in [-0.25, -0.2) is 0 Å². The van der Waals surface area contributed by atoms with Crippen LogP contribution in [0.25, 0.3) is 5.76 Å². The highest BCUT2D eigenvalue weighted by atomic mass is 16.3. The van der Waals surface area contributed by atoms with Crippen molar-refractivity contribution in [3.05, 3.63) is 57.7 Å². The Morgan fingerprint density at radius 2 is 1.79 bits per heavy atom. The van der Waals surface area contributed by atoms with Gasteiger partial charge in [0.2, 0.25) is 11.6 Å². The number of aromatic hydroxyl groups is 1. The Balaban J connectivity index is 1.75. The fourth-order valence-electron chi connectivity index (χ4n) is 7.29. The molecule has 0 heterocycles. The lowest BCUT2D eigenvalue weighted by Gasteiger charge is -2.56. The molecule has 1 unspecified atom stereocenters. The number of hydrogen-bond acceptors (Lipinski definition) is 6. The molecule has 178 valence electrons. The third-order valence-electron chi connectivity index (χ3n) is 8.58. The van der Waals surface area contributed by atoms with Crippen molar-refractivity contribution in [3.63, 3.8) is 0 Å². The standard InChI is InChI=1S/C28H30O6/c1-14-11-27(4)13-26(3)12-18-17(16-7-5-6-8-16)9-10-19(30)21(18)23(31)22(26)25(33)28(27,34)24(32)20(14)15(2)29/h5,7,9-10,16,30-31,34H,6,8,11-13H2,1-4H3/t16?,26-,27+,28+/m1/s1. The Labute approximate surface area is 198 Å². The molecule has 1 saturated carbocycles. The molecule has 0 saturated heterocycles. The van der Waals surface area contributed by atoms with E-state index in [4.69, 9.17) is 0 Å². The van der Waals surface area contributed by atoms with E-state index in [-0.39, 0.29) is 47.0 Å². The van der Waals surface area contributed by atoms with E-state index in [0.717, 1.165) is 24.0 Å². The molecule has 0 spiro atoms. The Morgan fingerprint density at radius 3 is 2.41 bits per heavy atom. The summed E-state index contributed by atoms with van der Waals surface area (Å²) >= 11 is 0. The molecule has 6 heteroatoms. The first-order valence-corrected chi connectivity index (χ1v) is 11.8. The van der Waals surface area contributed by atoms with Crippen molar-refractivity contribution in [1.82, 2.24) is 0 Å². The van der Waals surface area contributed by atoms with Crippen molar-refractivity contribution in [3.8, 4) is 5.75 Å². The molecule has 1 aromatic carbocycles. The maximum absolute atomic E-state index is 14.0. The van der Waals surface area contributed by atoms with E-state index in [0.29, 0.717) is 12.0 Å². The SMILES string of the molecule is CC(=O)C1=C(C)C[C@@]2(C)C[C@@]3(C)Cc4c(C5C=CCC5)ccc(O)c4C(O)=C3C(=O)[C@@]2(O)C1=O. The largest absolute Gasteiger partial charge is 0.507 e. The van der Waals surface area contributed by atoms with Crippen LogP contribution in [0.5, 0.6) is 5.75 Å². The number of phenols is 1. The van der Waals surface area contributed by atoms with Gasteiger partial charge >= 0.3 is 0 Å².